The number of nitrogens with zero attached hydrogens (tertiary/aromatic N) is 3. The molecule has 2 aliphatic heterocycles. The van der Waals surface area contributed by atoms with Gasteiger partial charge in [-0.05, 0) is 37.6 Å². The highest BCUT2D eigenvalue weighted by molar-refractivity contribution is 6.32. The van der Waals surface area contributed by atoms with E-state index in [4.69, 9.17) is 21.0 Å². The number of hydrogen-bond acceptors (Lipinski definition) is 5. The van der Waals surface area contributed by atoms with Gasteiger partial charge in [-0.2, -0.15) is 0 Å². The van der Waals surface area contributed by atoms with Crippen LogP contribution in [0.1, 0.15) is 23.2 Å². The third-order valence-electron chi connectivity index (χ3n) is 7.16. The average molecular weight is 423 g/mol. The van der Waals surface area contributed by atoms with E-state index in [9.17, 15) is 4.79 Å². The predicted molar refractivity (Wildman–Crippen MR) is 117 cm³/mol. The Hall–Kier alpha value is -2.57. The van der Waals surface area contributed by atoms with Crippen LogP contribution in [0.2, 0.25) is 5.02 Å². The number of carbonyl (C=O) groups is 1. The first-order valence-electron chi connectivity index (χ1n) is 10.4. The van der Waals surface area contributed by atoms with Gasteiger partial charge < -0.3 is 14.6 Å². The van der Waals surface area contributed by atoms with Crippen LogP contribution in [-0.2, 0) is 0 Å². The molecule has 2 saturated heterocycles. The van der Waals surface area contributed by atoms with Crippen molar-refractivity contribution in [3.05, 3.63) is 47.0 Å². The van der Waals surface area contributed by atoms with Crippen molar-refractivity contribution in [3.8, 4) is 11.5 Å². The van der Waals surface area contributed by atoms with Crippen molar-refractivity contribution in [2.45, 2.75) is 24.4 Å². The smallest absolute Gasteiger partial charge is 0.253 e. The molecular formula is C23H23ClN4O2. The third-order valence-corrected chi connectivity index (χ3v) is 7.38. The molecule has 0 radical (unpaired) electrons. The maximum atomic E-state index is 13.2. The number of para-hydroxylation sites is 1. The fourth-order valence-electron chi connectivity index (χ4n) is 5.61. The molecule has 3 aliphatic rings. The number of rotatable bonds is 4. The van der Waals surface area contributed by atoms with Gasteiger partial charge in [0.1, 0.15) is 5.52 Å². The summed E-state index contributed by atoms with van der Waals surface area (Å²) in [7, 11) is 3.96. The summed E-state index contributed by atoms with van der Waals surface area (Å²) in [6, 6.07) is 11.6. The van der Waals surface area contributed by atoms with Crippen LogP contribution in [0, 0.1) is 5.92 Å². The van der Waals surface area contributed by atoms with Crippen LogP contribution in [0.3, 0.4) is 0 Å². The van der Waals surface area contributed by atoms with Gasteiger partial charge in [0.15, 0.2) is 5.58 Å². The maximum Gasteiger partial charge on any atom is 0.253 e. The lowest BCUT2D eigenvalue weighted by atomic mass is 10.0. The number of benzene rings is 2. The van der Waals surface area contributed by atoms with Crippen molar-refractivity contribution in [2.75, 3.05) is 32.1 Å². The molecule has 3 atom stereocenters. The molecule has 1 aliphatic carbocycles. The number of amides is 1. The molecule has 3 heterocycles. The highest BCUT2D eigenvalue weighted by Crippen LogP contribution is 2.62. The Morgan fingerprint density at radius 3 is 2.87 bits per heavy atom. The van der Waals surface area contributed by atoms with E-state index in [0.717, 1.165) is 24.3 Å². The first-order chi connectivity index (χ1) is 14.5. The van der Waals surface area contributed by atoms with Gasteiger partial charge in [0.05, 0.1) is 17.2 Å². The van der Waals surface area contributed by atoms with E-state index in [1.807, 2.05) is 43.3 Å². The molecule has 30 heavy (non-hydrogen) atoms. The van der Waals surface area contributed by atoms with E-state index in [1.54, 1.807) is 12.1 Å². The zero-order valence-electron chi connectivity index (χ0n) is 17.0. The van der Waals surface area contributed by atoms with E-state index in [0.29, 0.717) is 33.5 Å². The molecule has 7 heteroatoms. The Morgan fingerprint density at radius 1 is 1.30 bits per heavy atom. The second kappa shape index (κ2) is 6.22. The predicted octanol–water partition coefficient (Wildman–Crippen LogP) is 3.79. The number of anilines is 1. The Bertz CT molecular complexity index is 1190. The van der Waals surface area contributed by atoms with Gasteiger partial charge in [-0.15, -0.1) is 0 Å². The molecule has 154 valence electrons. The molecule has 2 aromatic carbocycles. The van der Waals surface area contributed by atoms with Crippen molar-refractivity contribution >= 4 is 34.3 Å². The molecule has 1 saturated carbocycles. The molecule has 1 N–H and O–H groups in total. The first kappa shape index (κ1) is 18.2. The van der Waals surface area contributed by atoms with Gasteiger partial charge in [-0.3, -0.25) is 9.69 Å². The second-order valence-corrected chi connectivity index (χ2v) is 9.24. The van der Waals surface area contributed by atoms with E-state index < -0.39 is 0 Å². The number of piperidine rings is 1. The Balaban J connectivity index is 1.37. The number of nitrogens with one attached hydrogen (secondary N) is 1. The van der Waals surface area contributed by atoms with E-state index in [1.165, 1.54) is 12.8 Å². The second-order valence-electron chi connectivity index (χ2n) is 8.81. The standard InChI is InChI=1S/C23H23ClN4O2/c1-27(2)17-6-4-3-5-14(17)22-25-19-15(11-13(24)12-18(19)30-22)21(29)26-20-16-7-9-28-10-8-23(16,20)28/h3-6,11-12,16,20H,7-10H2,1-2H3,(H,26,29). The van der Waals surface area contributed by atoms with Gasteiger partial charge in [-0.25, -0.2) is 4.98 Å². The number of aromatic nitrogens is 1. The zero-order chi connectivity index (χ0) is 20.6. The Kier molecular flexibility index (Phi) is 3.78. The van der Waals surface area contributed by atoms with Gasteiger partial charge in [0.25, 0.3) is 5.91 Å². The number of hydrogen-bond donors (Lipinski definition) is 1. The quantitative estimate of drug-likeness (QED) is 0.693. The van der Waals surface area contributed by atoms with Crippen LogP contribution in [0.25, 0.3) is 22.6 Å². The summed E-state index contributed by atoms with van der Waals surface area (Å²) in [5, 5.41) is 3.73. The monoisotopic (exact) mass is 422 g/mol. The fourth-order valence-corrected chi connectivity index (χ4v) is 5.82. The number of oxazole rings is 1. The third kappa shape index (κ3) is 2.41. The van der Waals surface area contributed by atoms with Crippen molar-refractivity contribution in [2.24, 2.45) is 5.92 Å². The van der Waals surface area contributed by atoms with Crippen molar-refractivity contribution in [3.63, 3.8) is 0 Å². The number of halogens is 1. The molecule has 6 rings (SSSR count). The minimum Gasteiger partial charge on any atom is -0.436 e. The maximum absolute atomic E-state index is 13.2. The summed E-state index contributed by atoms with van der Waals surface area (Å²) in [6.07, 6.45) is 2.36. The van der Waals surface area contributed by atoms with Crippen molar-refractivity contribution in [1.82, 2.24) is 15.2 Å². The highest BCUT2D eigenvalue weighted by Gasteiger charge is 2.74. The summed E-state index contributed by atoms with van der Waals surface area (Å²) >= 11 is 6.33. The first-order valence-corrected chi connectivity index (χ1v) is 10.8. The van der Waals surface area contributed by atoms with E-state index >= 15 is 0 Å². The van der Waals surface area contributed by atoms with Gasteiger partial charge >= 0.3 is 0 Å². The van der Waals surface area contributed by atoms with Crippen LogP contribution in [0.15, 0.2) is 40.8 Å². The van der Waals surface area contributed by atoms with E-state index in [2.05, 4.69) is 10.2 Å². The van der Waals surface area contributed by atoms with Gasteiger partial charge in [0.2, 0.25) is 5.89 Å². The molecule has 0 bridgehead atoms. The molecule has 1 spiro atoms. The zero-order valence-corrected chi connectivity index (χ0v) is 17.7. The lowest BCUT2D eigenvalue weighted by Crippen LogP contribution is -2.53. The van der Waals surface area contributed by atoms with Gasteiger partial charge in [-0.1, -0.05) is 23.7 Å². The van der Waals surface area contributed by atoms with Crippen LogP contribution < -0.4 is 10.2 Å². The topological polar surface area (TPSA) is 61.6 Å². The minimum atomic E-state index is -0.121. The van der Waals surface area contributed by atoms with Crippen molar-refractivity contribution in [1.29, 1.82) is 0 Å². The summed E-state index contributed by atoms with van der Waals surface area (Å²) in [5.41, 5.74) is 3.65. The van der Waals surface area contributed by atoms with Crippen molar-refractivity contribution < 1.29 is 9.21 Å². The molecule has 1 amide bonds. The van der Waals surface area contributed by atoms with Crippen LogP contribution in [0.4, 0.5) is 5.69 Å². The summed E-state index contributed by atoms with van der Waals surface area (Å²) < 4.78 is 6.05. The molecule has 3 unspecified atom stereocenters. The molecule has 3 fully saturated rings. The number of fused-ring (bicyclic) bond motifs is 1. The van der Waals surface area contributed by atoms with E-state index in [-0.39, 0.29) is 17.5 Å². The Labute approximate surface area is 179 Å². The van der Waals surface area contributed by atoms with Crippen LogP contribution in [-0.4, -0.2) is 54.6 Å². The minimum absolute atomic E-state index is 0.121. The summed E-state index contributed by atoms with van der Waals surface area (Å²) in [4.78, 5) is 22.4. The molecule has 6 nitrogen and oxygen atoms in total. The van der Waals surface area contributed by atoms with Crippen LogP contribution >= 0.6 is 11.6 Å². The highest BCUT2D eigenvalue weighted by atomic mass is 35.5. The lowest BCUT2D eigenvalue weighted by molar-refractivity contribution is 0.0773. The normalized spacial score (nSPS) is 26.8. The summed E-state index contributed by atoms with van der Waals surface area (Å²) in [5.74, 6) is 0.950. The SMILES string of the molecule is CN(C)c1ccccc1-c1nc2c(C(=O)NC3C4CCN5CCC435)cc(Cl)cc2o1. The fraction of sp³-hybridized carbons (Fsp3) is 0.391. The van der Waals surface area contributed by atoms with Crippen LogP contribution in [0.5, 0.6) is 0 Å². The average Bonchev–Trinajstić information content (AvgIpc) is 3.02. The summed E-state index contributed by atoms with van der Waals surface area (Å²) in [6.45, 7) is 2.32. The Morgan fingerprint density at radius 2 is 2.13 bits per heavy atom. The largest absolute Gasteiger partial charge is 0.436 e. The lowest BCUT2D eigenvalue weighted by Gasteiger charge is -2.40. The molecule has 3 aromatic rings. The molecule has 1 aromatic heterocycles. The van der Waals surface area contributed by atoms with Gasteiger partial charge in [0, 0.05) is 48.9 Å². The number of carbonyl (C=O) groups excluding carboxylic acids is 1. The molecular weight excluding hydrogens is 400 g/mol.